The predicted octanol–water partition coefficient (Wildman–Crippen LogP) is 1.68. The molecule has 0 unspecified atom stereocenters. The van der Waals surface area contributed by atoms with E-state index in [1.807, 2.05) is 6.92 Å². The smallest absolute Gasteiger partial charge is 0.0711 e. The first-order valence-electron chi connectivity index (χ1n) is 9.05. The zero-order chi connectivity index (χ0) is 16.4. The van der Waals surface area contributed by atoms with Gasteiger partial charge in [-0.15, -0.1) is 0 Å². The van der Waals surface area contributed by atoms with Gasteiger partial charge < -0.3 is 10.0 Å². The summed E-state index contributed by atoms with van der Waals surface area (Å²) in [5.41, 5.74) is 2.45. The molecule has 2 saturated heterocycles. The predicted molar refractivity (Wildman–Crippen MR) is 92.4 cm³/mol. The molecule has 2 fully saturated rings. The molecule has 0 bridgehead atoms. The molecule has 0 aromatic carbocycles. The molecule has 1 aromatic rings. The first kappa shape index (κ1) is 16.9. The van der Waals surface area contributed by atoms with Crippen LogP contribution in [0.5, 0.6) is 0 Å². The van der Waals surface area contributed by atoms with Crippen LogP contribution in [0.3, 0.4) is 0 Å². The minimum absolute atomic E-state index is 0.227. The van der Waals surface area contributed by atoms with Crippen LogP contribution in [0.25, 0.3) is 0 Å². The molecule has 3 rings (SSSR count). The van der Waals surface area contributed by atoms with Crippen molar-refractivity contribution in [1.82, 2.24) is 20.0 Å². The van der Waals surface area contributed by atoms with Crippen LogP contribution in [0.4, 0.5) is 0 Å². The fraction of sp³-hybridized carbons (Fsp3) is 0.833. The molecule has 0 spiro atoms. The van der Waals surface area contributed by atoms with Crippen molar-refractivity contribution in [3.05, 3.63) is 17.5 Å². The Morgan fingerprint density at radius 2 is 1.91 bits per heavy atom. The number of nitrogens with zero attached hydrogens (tertiary/aromatic N) is 3. The third-order valence-corrected chi connectivity index (χ3v) is 5.21. The first-order valence-corrected chi connectivity index (χ1v) is 9.05. The Kier molecular flexibility index (Phi) is 5.09. The molecule has 0 aliphatic carbocycles. The summed E-state index contributed by atoms with van der Waals surface area (Å²) in [7, 11) is 0. The van der Waals surface area contributed by atoms with Gasteiger partial charge in [0.2, 0.25) is 0 Å². The van der Waals surface area contributed by atoms with Gasteiger partial charge in [-0.25, -0.2) is 0 Å². The molecule has 3 heterocycles. The number of aliphatic hydroxyl groups excluding tert-OH is 1. The highest BCUT2D eigenvalue weighted by atomic mass is 16.3. The summed E-state index contributed by atoms with van der Waals surface area (Å²) < 4.78 is 0. The Morgan fingerprint density at radius 3 is 2.57 bits per heavy atom. The van der Waals surface area contributed by atoms with E-state index in [1.54, 1.807) is 0 Å². The lowest BCUT2D eigenvalue weighted by atomic mass is 9.92. The van der Waals surface area contributed by atoms with Gasteiger partial charge in [0.15, 0.2) is 0 Å². The molecule has 5 heteroatoms. The second kappa shape index (κ2) is 6.91. The third-order valence-electron chi connectivity index (χ3n) is 5.21. The highest BCUT2D eigenvalue weighted by Crippen LogP contribution is 2.27. The summed E-state index contributed by atoms with van der Waals surface area (Å²) in [6.07, 6.45) is 3.34. The van der Waals surface area contributed by atoms with Crippen LogP contribution in [0.15, 0.2) is 6.07 Å². The van der Waals surface area contributed by atoms with Crippen molar-refractivity contribution in [2.45, 2.75) is 46.1 Å². The summed E-state index contributed by atoms with van der Waals surface area (Å²) in [6, 6.07) is 2.09. The maximum Gasteiger partial charge on any atom is 0.0711 e. The average Bonchev–Trinajstić information content (AvgIpc) is 3.14. The van der Waals surface area contributed by atoms with Crippen LogP contribution in [0.1, 0.15) is 38.1 Å². The van der Waals surface area contributed by atoms with E-state index in [-0.39, 0.29) is 11.5 Å². The van der Waals surface area contributed by atoms with Crippen LogP contribution in [-0.2, 0) is 6.42 Å². The number of H-pyrrole nitrogens is 1. The third kappa shape index (κ3) is 4.55. The topological polar surface area (TPSA) is 55.4 Å². The van der Waals surface area contributed by atoms with Crippen LogP contribution >= 0.6 is 0 Å². The molecule has 2 atom stereocenters. The molecule has 2 aliphatic heterocycles. The van der Waals surface area contributed by atoms with Gasteiger partial charge >= 0.3 is 0 Å². The molecular weight excluding hydrogens is 288 g/mol. The summed E-state index contributed by atoms with van der Waals surface area (Å²) in [4.78, 5) is 5.04. The van der Waals surface area contributed by atoms with E-state index in [0.717, 1.165) is 37.4 Å². The SMILES string of the molecule is Cc1cc(C[C@@H]2CN(CC(C)(C)CN3CCCC3)C[C@H]2O)n[nH]1. The van der Waals surface area contributed by atoms with Crippen molar-refractivity contribution in [2.24, 2.45) is 11.3 Å². The summed E-state index contributed by atoms with van der Waals surface area (Å²) >= 11 is 0. The molecule has 2 aliphatic rings. The lowest BCUT2D eigenvalue weighted by Crippen LogP contribution is -2.41. The van der Waals surface area contributed by atoms with Crippen LogP contribution in [-0.4, -0.2) is 70.5 Å². The largest absolute Gasteiger partial charge is 0.391 e. The zero-order valence-corrected chi connectivity index (χ0v) is 14.9. The van der Waals surface area contributed by atoms with E-state index in [2.05, 4.69) is 39.9 Å². The molecular formula is C18H32N4O. The molecule has 0 amide bonds. The van der Waals surface area contributed by atoms with Crippen molar-refractivity contribution in [1.29, 1.82) is 0 Å². The average molecular weight is 320 g/mol. The minimum Gasteiger partial charge on any atom is -0.391 e. The molecule has 23 heavy (non-hydrogen) atoms. The maximum absolute atomic E-state index is 10.4. The maximum atomic E-state index is 10.4. The lowest BCUT2D eigenvalue weighted by Gasteiger charge is -2.33. The highest BCUT2D eigenvalue weighted by molar-refractivity contribution is 5.08. The Bertz CT molecular complexity index is 507. The van der Waals surface area contributed by atoms with E-state index >= 15 is 0 Å². The number of rotatable bonds is 6. The Balaban J connectivity index is 1.51. The molecule has 1 aromatic heterocycles. The van der Waals surface area contributed by atoms with Gasteiger partial charge in [0, 0.05) is 37.8 Å². The normalized spacial score (nSPS) is 27.1. The van der Waals surface area contributed by atoms with E-state index in [0.29, 0.717) is 5.92 Å². The quantitative estimate of drug-likeness (QED) is 0.837. The van der Waals surface area contributed by atoms with Crippen molar-refractivity contribution >= 4 is 0 Å². The second-order valence-electron chi connectivity index (χ2n) is 8.42. The minimum atomic E-state index is -0.227. The van der Waals surface area contributed by atoms with Crippen molar-refractivity contribution in [2.75, 3.05) is 39.3 Å². The van der Waals surface area contributed by atoms with Crippen LogP contribution < -0.4 is 0 Å². The van der Waals surface area contributed by atoms with E-state index in [9.17, 15) is 5.11 Å². The Hall–Kier alpha value is -0.910. The van der Waals surface area contributed by atoms with Crippen LogP contribution in [0.2, 0.25) is 0 Å². The Morgan fingerprint density at radius 1 is 1.22 bits per heavy atom. The number of likely N-dealkylation sites (tertiary alicyclic amines) is 2. The van der Waals surface area contributed by atoms with Gasteiger partial charge in [0.1, 0.15) is 0 Å². The fourth-order valence-electron chi connectivity index (χ4n) is 4.32. The summed E-state index contributed by atoms with van der Waals surface area (Å²) in [5, 5.41) is 17.7. The number of aromatic amines is 1. The van der Waals surface area contributed by atoms with Crippen LogP contribution in [0, 0.1) is 18.3 Å². The van der Waals surface area contributed by atoms with E-state index < -0.39 is 0 Å². The number of aliphatic hydroxyl groups is 1. The molecule has 130 valence electrons. The fourth-order valence-corrected chi connectivity index (χ4v) is 4.32. The molecule has 2 N–H and O–H groups in total. The highest BCUT2D eigenvalue weighted by Gasteiger charge is 2.35. The zero-order valence-electron chi connectivity index (χ0n) is 14.9. The van der Waals surface area contributed by atoms with E-state index in [1.165, 1.54) is 32.5 Å². The number of hydrogen-bond donors (Lipinski definition) is 2. The summed E-state index contributed by atoms with van der Waals surface area (Å²) in [6.45, 7) is 13.3. The van der Waals surface area contributed by atoms with Crippen molar-refractivity contribution in [3.63, 3.8) is 0 Å². The van der Waals surface area contributed by atoms with Gasteiger partial charge in [-0.05, 0) is 50.8 Å². The van der Waals surface area contributed by atoms with Crippen molar-refractivity contribution < 1.29 is 5.11 Å². The second-order valence-corrected chi connectivity index (χ2v) is 8.42. The standard InChI is InChI=1S/C18H32N4O/c1-14-8-16(20-19-14)9-15-10-22(11-17(15)23)13-18(2,3)12-21-6-4-5-7-21/h8,15,17,23H,4-7,9-13H2,1-3H3,(H,19,20)/t15-,17-/m1/s1. The number of aryl methyl sites for hydroxylation is 1. The lowest BCUT2D eigenvalue weighted by molar-refractivity contribution is 0.123. The van der Waals surface area contributed by atoms with Gasteiger partial charge in [-0.2, -0.15) is 5.10 Å². The van der Waals surface area contributed by atoms with E-state index in [4.69, 9.17) is 0 Å². The van der Waals surface area contributed by atoms with Gasteiger partial charge in [-0.3, -0.25) is 10.00 Å². The molecule has 5 nitrogen and oxygen atoms in total. The summed E-state index contributed by atoms with van der Waals surface area (Å²) in [5.74, 6) is 0.306. The van der Waals surface area contributed by atoms with Gasteiger partial charge in [-0.1, -0.05) is 13.8 Å². The van der Waals surface area contributed by atoms with Crippen molar-refractivity contribution in [3.8, 4) is 0 Å². The number of hydrogen-bond acceptors (Lipinski definition) is 4. The number of nitrogens with one attached hydrogen (secondary N) is 1. The number of aromatic nitrogens is 2. The molecule has 0 radical (unpaired) electrons. The Labute approximate surface area is 140 Å². The van der Waals surface area contributed by atoms with Gasteiger partial charge in [0.25, 0.3) is 0 Å². The molecule has 0 saturated carbocycles. The van der Waals surface area contributed by atoms with Gasteiger partial charge in [0.05, 0.1) is 11.8 Å². The first-order chi connectivity index (χ1) is 10.9. The monoisotopic (exact) mass is 320 g/mol. The number of β-amino-alcohol motifs (C(OH)–C–C–N with tert-alkyl or cyclic N) is 1.